The zero-order valence-corrected chi connectivity index (χ0v) is 9.38. The van der Waals surface area contributed by atoms with Crippen LogP contribution >= 0.6 is 11.8 Å². The fourth-order valence-corrected chi connectivity index (χ4v) is 2.17. The van der Waals surface area contributed by atoms with Crippen molar-refractivity contribution in [2.75, 3.05) is 0 Å². The molecule has 0 bridgehead atoms. The average molecular weight is 207 g/mol. The third kappa shape index (κ3) is 1.75. The van der Waals surface area contributed by atoms with Gasteiger partial charge in [0.2, 0.25) is 0 Å². The maximum atomic E-state index is 4.37. The van der Waals surface area contributed by atoms with E-state index in [1.807, 2.05) is 29.6 Å². The summed E-state index contributed by atoms with van der Waals surface area (Å²) >= 11 is 1.81. The first kappa shape index (κ1) is 9.52. The van der Waals surface area contributed by atoms with Gasteiger partial charge in [0.15, 0.2) is 5.65 Å². The van der Waals surface area contributed by atoms with Gasteiger partial charge in [-0.15, -0.1) is 11.8 Å². The number of thioether (sulfide) groups is 1. The minimum absolute atomic E-state index is 0.581. The quantitative estimate of drug-likeness (QED) is 0.709. The molecule has 0 amide bonds. The highest BCUT2D eigenvalue weighted by Crippen LogP contribution is 2.24. The molecule has 0 radical (unpaired) electrons. The highest BCUT2D eigenvalue weighted by Gasteiger charge is 2.04. The third-order valence-corrected chi connectivity index (χ3v) is 2.86. The normalized spacial score (nSPS) is 11.4. The van der Waals surface area contributed by atoms with E-state index >= 15 is 0 Å². The van der Waals surface area contributed by atoms with E-state index in [0.29, 0.717) is 5.25 Å². The molecule has 2 aromatic rings. The summed E-state index contributed by atoms with van der Waals surface area (Å²) in [5, 5.41) is 0.581. The van der Waals surface area contributed by atoms with Crippen molar-refractivity contribution in [2.24, 2.45) is 7.05 Å². The number of nitrogens with zero attached hydrogens (tertiary/aromatic N) is 3. The summed E-state index contributed by atoms with van der Waals surface area (Å²) in [6.45, 7) is 4.35. The molecule has 2 aromatic heterocycles. The Kier molecular flexibility index (Phi) is 2.46. The summed E-state index contributed by atoms with van der Waals surface area (Å²) in [7, 11) is 1.96. The van der Waals surface area contributed by atoms with Crippen LogP contribution in [0.2, 0.25) is 0 Å². The Hall–Kier alpha value is -1.03. The van der Waals surface area contributed by atoms with E-state index in [-0.39, 0.29) is 0 Å². The molecule has 0 aromatic carbocycles. The second-order valence-electron chi connectivity index (χ2n) is 3.54. The maximum absolute atomic E-state index is 4.37. The number of fused-ring (bicyclic) bond motifs is 1. The fraction of sp³-hybridized carbons (Fsp3) is 0.400. The number of rotatable bonds is 2. The first-order chi connectivity index (χ1) is 6.66. The summed E-state index contributed by atoms with van der Waals surface area (Å²) in [6, 6.07) is 2.09. The molecule has 4 heteroatoms. The lowest BCUT2D eigenvalue weighted by atomic mass is 10.4. The molecule has 0 aliphatic heterocycles. The lowest BCUT2D eigenvalue weighted by Gasteiger charge is -2.03. The van der Waals surface area contributed by atoms with E-state index in [0.717, 1.165) is 11.2 Å². The van der Waals surface area contributed by atoms with Gasteiger partial charge in [0.25, 0.3) is 0 Å². The van der Waals surface area contributed by atoms with Gasteiger partial charge < -0.3 is 4.57 Å². The molecule has 0 atom stereocenters. The maximum Gasteiger partial charge on any atom is 0.159 e. The topological polar surface area (TPSA) is 30.7 Å². The van der Waals surface area contributed by atoms with Crippen molar-refractivity contribution in [3.8, 4) is 0 Å². The van der Waals surface area contributed by atoms with E-state index in [4.69, 9.17) is 0 Å². The molecule has 0 spiro atoms. The summed E-state index contributed by atoms with van der Waals surface area (Å²) in [4.78, 5) is 9.83. The van der Waals surface area contributed by atoms with Crippen molar-refractivity contribution in [1.29, 1.82) is 0 Å². The Labute approximate surface area is 87.6 Å². The number of aryl methyl sites for hydroxylation is 1. The standard InChI is InChI=1S/C10H13N3S/c1-7(2)14-8-4-9-10(11-5-8)13(3)6-12-9/h4-7H,1-3H3. The number of aromatic nitrogens is 3. The van der Waals surface area contributed by atoms with Crippen LogP contribution in [-0.2, 0) is 7.05 Å². The summed E-state index contributed by atoms with van der Waals surface area (Å²) in [5.74, 6) is 0. The molecule has 0 aliphatic carbocycles. The number of imidazole rings is 1. The molecular formula is C10H13N3S. The first-order valence-electron chi connectivity index (χ1n) is 4.60. The highest BCUT2D eigenvalue weighted by molar-refractivity contribution is 7.99. The van der Waals surface area contributed by atoms with Crippen molar-refractivity contribution < 1.29 is 0 Å². The molecule has 0 N–H and O–H groups in total. The summed E-state index contributed by atoms with van der Waals surface area (Å²) < 4.78 is 1.93. The van der Waals surface area contributed by atoms with E-state index in [1.54, 1.807) is 6.33 Å². The molecule has 74 valence electrons. The van der Waals surface area contributed by atoms with Crippen LogP contribution in [0.4, 0.5) is 0 Å². The Morgan fingerprint density at radius 1 is 1.36 bits per heavy atom. The molecule has 14 heavy (non-hydrogen) atoms. The van der Waals surface area contributed by atoms with E-state index < -0.39 is 0 Å². The van der Waals surface area contributed by atoms with E-state index in [2.05, 4.69) is 29.9 Å². The molecule has 3 nitrogen and oxygen atoms in total. The van der Waals surface area contributed by atoms with Crippen LogP contribution in [0.25, 0.3) is 11.2 Å². The lowest BCUT2D eigenvalue weighted by Crippen LogP contribution is -1.89. The van der Waals surface area contributed by atoms with Crippen LogP contribution < -0.4 is 0 Å². The third-order valence-electron chi connectivity index (χ3n) is 1.90. The van der Waals surface area contributed by atoms with Crippen molar-refractivity contribution in [3.05, 3.63) is 18.6 Å². The molecule has 0 unspecified atom stereocenters. The SMILES string of the molecule is CC(C)Sc1cnc2c(c1)ncn2C. The summed E-state index contributed by atoms with van der Waals surface area (Å²) in [6.07, 6.45) is 3.70. The van der Waals surface area contributed by atoms with Gasteiger partial charge >= 0.3 is 0 Å². The van der Waals surface area contributed by atoms with E-state index in [9.17, 15) is 0 Å². The van der Waals surface area contributed by atoms with Gasteiger partial charge in [-0.05, 0) is 6.07 Å². The largest absolute Gasteiger partial charge is 0.318 e. The molecule has 2 rings (SSSR count). The van der Waals surface area contributed by atoms with Crippen molar-refractivity contribution in [2.45, 2.75) is 24.0 Å². The van der Waals surface area contributed by atoms with Gasteiger partial charge in [-0.3, -0.25) is 0 Å². The van der Waals surface area contributed by atoms with Crippen molar-refractivity contribution >= 4 is 22.9 Å². The van der Waals surface area contributed by atoms with Gasteiger partial charge in [0, 0.05) is 23.4 Å². The van der Waals surface area contributed by atoms with Gasteiger partial charge in [0.05, 0.1) is 6.33 Å². The molecule has 0 saturated heterocycles. The summed E-state index contributed by atoms with van der Waals surface area (Å²) in [5.41, 5.74) is 1.91. The minimum atomic E-state index is 0.581. The van der Waals surface area contributed by atoms with Crippen LogP contribution in [0.1, 0.15) is 13.8 Å². The van der Waals surface area contributed by atoms with Gasteiger partial charge in [-0.25, -0.2) is 9.97 Å². The molecule has 0 aliphatic rings. The molecule has 0 saturated carbocycles. The zero-order valence-electron chi connectivity index (χ0n) is 8.56. The number of hydrogen-bond donors (Lipinski definition) is 0. The second kappa shape index (κ2) is 3.61. The van der Waals surface area contributed by atoms with Crippen molar-refractivity contribution in [1.82, 2.24) is 14.5 Å². The van der Waals surface area contributed by atoms with Crippen LogP contribution in [0.5, 0.6) is 0 Å². The molecular weight excluding hydrogens is 194 g/mol. The molecule has 2 heterocycles. The Morgan fingerprint density at radius 3 is 2.86 bits per heavy atom. The van der Waals surface area contributed by atoms with Crippen LogP contribution in [0, 0.1) is 0 Å². The van der Waals surface area contributed by atoms with E-state index in [1.165, 1.54) is 4.90 Å². The Bertz CT molecular complexity index is 448. The van der Waals surface area contributed by atoms with Crippen LogP contribution in [0.3, 0.4) is 0 Å². The van der Waals surface area contributed by atoms with Crippen LogP contribution in [0.15, 0.2) is 23.5 Å². The second-order valence-corrected chi connectivity index (χ2v) is 5.19. The Balaban J connectivity index is 2.42. The van der Waals surface area contributed by atoms with Gasteiger partial charge in [-0.1, -0.05) is 13.8 Å². The number of hydrogen-bond acceptors (Lipinski definition) is 3. The predicted octanol–water partition coefficient (Wildman–Crippen LogP) is 2.47. The Morgan fingerprint density at radius 2 is 2.14 bits per heavy atom. The van der Waals surface area contributed by atoms with Crippen LogP contribution in [-0.4, -0.2) is 19.8 Å². The van der Waals surface area contributed by atoms with Gasteiger partial charge in [0.1, 0.15) is 5.52 Å². The minimum Gasteiger partial charge on any atom is -0.318 e. The van der Waals surface area contributed by atoms with Gasteiger partial charge in [-0.2, -0.15) is 0 Å². The smallest absolute Gasteiger partial charge is 0.159 e. The monoisotopic (exact) mass is 207 g/mol. The number of pyridine rings is 1. The first-order valence-corrected chi connectivity index (χ1v) is 5.48. The highest BCUT2D eigenvalue weighted by atomic mass is 32.2. The van der Waals surface area contributed by atoms with Crippen molar-refractivity contribution in [3.63, 3.8) is 0 Å². The fourth-order valence-electron chi connectivity index (χ4n) is 1.33. The lowest BCUT2D eigenvalue weighted by molar-refractivity contribution is 0.929. The predicted molar refractivity (Wildman–Crippen MR) is 59.5 cm³/mol. The average Bonchev–Trinajstić information content (AvgIpc) is 2.46. The zero-order chi connectivity index (χ0) is 10.1. The molecule has 0 fully saturated rings.